The lowest BCUT2D eigenvalue weighted by molar-refractivity contribution is -0.142. The molecule has 1 aromatic carbocycles. The second-order valence-electron chi connectivity index (χ2n) is 3.94. The van der Waals surface area contributed by atoms with Crippen molar-refractivity contribution in [3.63, 3.8) is 0 Å². The third-order valence-electron chi connectivity index (χ3n) is 2.57. The summed E-state index contributed by atoms with van der Waals surface area (Å²) in [6, 6.07) is 9.10. The molecule has 0 aliphatic carbocycles. The van der Waals surface area contributed by atoms with Crippen molar-refractivity contribution in [2.75, 3.05) is 7.11 Å². The quantitative estimate of drug-likeness (QED) is 0.474. The Hall–Kier alpha value is -2.63. The molecule has 0 saturated heterocycles. The largest absolute Gasteiger partial charge is 0.461 e. The van der Waals surface area contributed by atoms with Crippen LogP contribution in [0.3, 0.4) is 0 Å². The maximum absolute atomic E-state index is 10.9. The summed E-state index contributed by atoms with van der Waals surface area (Å²) in [4.78, 5) is 15.8. The van der Waals surface area contributed by atoms with Crippen LogP contribution in [-0.2, 0) is 21.0 Å². The second kappa shape index (κ2) is 6.51. The Kier molecular flexibility index (Phi) is 4.49. The minimum Gasteiger partial charge on any atom is -0.461 e. The first kappa shape index (κ1) is 13.8. The summed E-state index contributed by atoms with van der Waals surface area (Å²) in [5.41, 5.74) is 2.64. The summed E-state index contributed by atoms with van der Waals surface area (Å²) in [5.74, 6) is -0.341. The van der Waals surface area contributed by atoms with E-state index in [1.807, 2.05) is 24.3 Å². The molecule has 6 heteroatoms. The molecule has 6 nitrogen and oxygen atoms in total. The highest BCUT2D eigenvalue weighted by atomic mass is 16.6. The molecular formula is C14H14N2O4. The lowest BCUT2D eigenvalue weighted by Crippen LogP contribution is -2.10. The SMILES string of the molecule is CON=C(c1ccon1)c1ccccc1COC(C)=O. The number of nitrogens with zero attached hydrogens (tertiary/aromatic N) is 2. The van der Waals surface area contributed by atoms with Gasteiger partial charge in [-0.3, -0.25) is 4.79 Å². The minimum absolute atomic E-state index is 0.159. The number of oxime groups is 1. The van der Waals surface area contributed by atoms with Crippen molar-refractivity contribution >= 4 is 11.7 Å². The smallest absolute Gasteiger partial charge is 0.302 e. The Morgan fingerprint density at radius 1 is 1.35 bits per heavy atom. The summed E-state index contributed by atoms with van der Waals surface area (Å²) < 4.78 is 9.87. The van der Waals surface area contributed by atoms with Gasteiger partial charge < -0.3 is 14.1 Å². The van der Waals surface area contributed by atoms with Crippen LogP contribution < -0.4 is 0 Å². The van der Waals surface area contributed by atoms with E-state index in [4.69, 9.17) is 14.1 Å². The van der Waals surface area contributed by atoms with Gasteiger partial charge in [0.15, 0.2) is 0 Å². The summed E-state index contributed by atoms with van der Waals surface area (Å²) in [6.07, 6.45) is 1.45. The highest BCUT2D eigenvalue weighted by molar-refractivity contribution is 6.12. The van der Waals surface area contributed by atoms with E-state index >= 15 is 0 Å². The number of aromatic nitrogens is 1. The number of esters is 1. The monoisotopic (exact) mass is 274 g/mol. The molecule has 2 rings (SSSR count). The van der Waals surface area contributed by atoms with E-state index in [2.05, 4.69) is 10.3 Å². The van der Waals surface area contributed by atoms with E-state index in [0.29, 0.717) is 11.4 Å². The van der Waals surface area contributed by atoms with Gasteiger partial charge in [-0.25, -0.2) is 0 Å². The van der Waals surface area contributed by atoms with Crippen LogP contribution in [-0.4, -0.2) is 23.9 Å². The number of hydrogen-bond acceptors (Lipinski definition) is 6. The Morgan fingerprint density at radius 3 is 2.80 bits per heavy atom. The Labute approximate surface area is 116 Å². The zero-order chi connectivity index (χ0) is 14.4. The van der Waals surface area contributed by atoms with Crippen LogP contribution in [0, 0.1) is 0 Å². The van der Waals surface area contributed by atoms with Crippen LogP contribution >= 0.6 is 0 Å². The standard InChI is InChI=1S/C14H14N2O4/c1-10(17)19-9-11-5-3-4-6-12(11)14(16-18-2)13-7-8-20-15-13/h3-8H,9H2,1-2H3. The predicted molar refractivity (Wildman–Crippen MR) is 71.1 cm³/mol. The van der Waals surface area contributed by atoms with Gasteiger partial charge in [-0.2, -0.15) is 0 Å². The van der Waals surface area contributed by atoms with Crippen LogP contribution in [0.2, 0.25) is 0 Å². The summed E-state index contributed by atoms with van der Waals surface area (Å²) in [6.45, 7) is 1.52. The molecule has 0 aliphatic rings. The molecule has 0 amide bonds. The first-order valence-corrected chi connectivity index (χ1v) is 5.96. The van der Waals surface area contributed by atoms with Gasteiger partial charge in [0, 0.05) is 18.6 Å². The number of rotatable bonds is 5. The average Bonchev–Trinajstić information content (AvgIpc) is 2.97. The van der Waals surface area contributed by atoms with Gasteiger partial charge in [0.25, 0.3) is 0 Å². The van der Waals surface area contributed by atoms with Gasteiger partial charge in [-0.1, -0.05) is 34.6 Å². The molecule has 2 aromatic rings. The number of benzene rings is 1. The fourth-order valence-corrected chi connectivity index (χ4v) is 1.72. The first-order valence-electron chi connectivity index (χ1n) is 5.96. The van der Waals surface area contributed by atoms with Gasteiger partial charge in [0.1, 0.15) is 31.4 Å². The zero-order valence-electron chi connectivity index (χ0n) is 11.2. The summed E-state index contributed by atoms with van der Waals surface area (Å²) in [5, 5.41) is 7.83. The minimum atomic E-state index is -0.341. The van der Waals surface area contributed by atoms with Crippen LogP contribution in [0.5, 0.6) is 0 Å². The van der Waals surface area contributed by atoms with Gasteiger partial charge in [-0.05, 0) is 5.56 Å². The molecular weight excluding hydrogens is 260 g/mol. The molecule has 0 spiro atoms. The summed E-state index contributed by atoms with van der Waals surface area (Å²) >= 11 is 0. The topological polar surface area (TPSA) is 73.9 Å². The van der Waals surface area contributed by atoms with E-state index in [9.17, 15) is 4.79 Å². The van der Waals surface area contributed by atoms with Gasteiger partial charge in [0.2, 0.25) is 0 Å². The van der Waals surface area contributed by atoms with Crippen molar-refractivity contribution in [1.29, 1.82) is 0 Å². The third-order valence-corrected chi connectivity index (χ3v) is 2.57. The number of carbonyl (C=O) groups excluding carboxylic acids is 1. The molecule has 0 radical (unpaired) electrons. The predicted octanol–water partition coefficient (Wildman–Crippen LogP) is 2.14. The van der Waals surface area contributed by atoms with E-state index in [1.165, 1.54) is 20.3 Å². The highest BCUT2D eigenvalue weighted by Crippen LogP contribution is 2.16. The van der Waals surface area contributed by atoms with E-state index in [0.717, 1.165) is 11.1 Å². The van der Waals surface area contributed by atoms with Crippen LogP contribution in [0.4, 0.5) is 0 Å². The number of hydrogen-bond donors (Lipinski definition) is 0. The molecule has 0 aliphatic heterocycles. The molecule has 1 heterocycles. The van der Waals surface area contributed by atoms with Gasteiger partial charge in [-0.15, -0.1) is 0 Å². The van der Waals surface area contributed by atoms with Crippen LogP contribution in [0.25, 0.3) is 0 Å². The van der Waals surface area contributed by atoms with Crippen LogP contribution in [0.1, 0.15) is 23.7 Å². The van der Waals surface area contributed by atoms with Crippen molar-refractivity contribution in [3.05, 3.63) is 53.4 Å². The second-order valence-corrected chi connectivity index (χ2v) is 3.94. The maximum Gasteiger partial charge on any atom is 0.302 e. The van der Waals surface area contributed by atoms with Crippen molar-refractivity contribution in [1.82, 2.24) is 5.16 Å². The van der Waals surface area contributed by atoms with Gasteiger partial charge in [0.05, 0.1) is 0 Å². The normalized spacial score (nSPS) is 11.2. The Bertz CT molecular complexity index is 605. The fourth-order valence-electron chi connectivity index (χ4n) is 1.72. The molecule has 0 fully saturated rings. The number of carbonyl (C=O) groups is 1. The molecule has 0 unspecified atom stereocenters. The zero-order valence-corrected chi connectivity index (χ0v) is 11.2. The highest BCUT2D eigenvalue weighted by Gasteiger charge is 2.15. The molecule has 20 heavy (non-hydrogen) atoms. The molecule has 0 saturated carbocycles. The molecule has 104 valence electrons. The third kappa shape index (κ3) is 3.23. The van der Waals surface area contributed by atoms with E-state index in [1.54, 1.807) is 6.07 Å². The van der Waals surface area contributed by atoms with E-state index < -0.39 is 0 Å². The van der Waals surface area contributed by atoms with Crippen molar-refractivity contribution < 1.29 is 18.9 Å². The van der Waals surface area contributed by atoms with Gasteiger partial charge >= 0.3 is 5.97 Å². The molecule has 0 N–H and O–H groups in total. The van der Waals surface area contributed by atoms with Crippen molar-refractivity contribution in [3.8, 4) is 0 Å². The Morgan fingerprint density at radius 2 is 2.15 bits per heavy atom. The lowest BCUT2D eigenvalue weighted by atomic mass is 10.0. The molecule has 0 bridgehead atoms. The van der Waals surface area contributed by atoms with Crippen molar-refractivity contribution in [2.24, 2.45) is 5.16 Å². The first-order chi connectivity index (χ1) is 9.72. The average molecular weight is 274 g/mol. The molecule has 1 aromatic heterocycles. The number of ether oxygens (including phenoxy) is 1. The molecule has 0 atom stereocenters. The fraction of sp³-hybridized carbons (Fsp3) is 0.214. The maximum atomic E-state index is 10.9. The van der Waals surface area contributed by atoms with Crippen molar-refractivity contribution in [2.45, 2.75) is 13.5 Å². The van der Waals surface area contributed by atoms with Crippen LogP contribution in [0.15, 0.2) is 46.3 Å². The summed E-state index contributed by atoms with van der Waals surface area (Å²) in [7, 11) is 1.45. The Balaban J connectivity index is 2.39. The lowest BCUT2D eigenvalue weighted by Gasteiger charge is -2.09. The van der Waals surface area contributed by atoms with E-state index in [-0.39, 0.29) is 12.6 Å².